The molecule has 1 unspecified atom stereocenters. The van der Waals surface area contributed by atoms with Crippen molar-refractivity contribution < 1.29 is 20.1 Å². The van der Waals surface area contributed by atoms with Crippen LogP contribution in [0.5, 0.6) is 5.75 Å². The summed E-state index contributed by atoms with van der Waals surface area (Å²) in [7, 11) is 0. The lowest BCUT2D eigenvalue weighted by atomic mass is 10.3. The van der Waals surface area contributed by atoms with E-state index in [4.69, 9.17) is 5.11 Å². The Morgan fingerprint density at radius 3 is 2.67 bits per heavy atom. The number of rotatable bonds is 5. The maximum Gasteiger partial charge on any atom is 0.306 e. The number of benzene rings is 1. The summed E-state index contributed by atoms with van der Waals surface area (Å²) in [5.74, 6) is -0.630. The first kappa shape index (κ1) is 11.9. The number of carboxylic acid groups (broad SMARTS) is 1. The molecule has 82 valence electrons. The van der Waals surface area contributed by atoms with Gasteiger partial charge in [-0.15, -0.1) is 11.8 Å². The Hall–Kier alpha value is -1.20. The van der Waals surface area contributed by atoms with Gasteiger partial charge in [-0.05, 0) is 12.1 Å². The first-order valence-corrected chi connectivity index (χ1v) is 5.39. The highest BCUT2D eigenvalue weighted by atomic mass is 32.2. The summed E-state index contributed by atoms with van der Waals surface area (Å²) >= 11 is 1.23. The summed E-state index contributed by atoms with van der Waals surface area (Å²) in [6.45, 7) is 0. The molecule has 5 heteroatoms. The molecule has 0 radical (unpaired) electrons. The molecule has 0 fully saturated rings. The number of aromatic hydroxyl groups is 1. The van der Waals surface area contributed by atoms with Gasteiger partial charge in [-0.1, -0.05) is 12.1 Å². The van der Waals surface area contributed by atoms with E-state index in [-0.39, 0.29) is 17.9 Å². The Bertz CT molecular complexity index is 340. The molecule has 0 aromatic heterocycles. The van der Waals surface area contributed by atoms with Crippen LogP contribution < -0.4 is 0 Å². The monoisotopic (exact) mass is 228 g/mol. The van der Waals surface area contributed by atoms with E-state index in [1.165, 1.54) is 11.8 Å². The number of phenols is 1. The maximum absolute atomic E-state index is 10.3. The highest BCUT2D eigenvalue weighted by Gasteiger charge is 2.10. The van der Waals surface area contributed by atoms with Gasteiger partial charge in [0.15, 0.2) is 0 Å². The van der Waals surface area contributed by atoms with Crippen LogP contribution in [-0.2, 0) is 4.79 Å². The van der Waals surface area contributed by atoms with Crippen LogP contribution in [0.2, 0.25) is 0 Å². The van der Waals surface area contributed by atoms with Crippen LogP contribution >= 0.6 is 11.8 Å². The Labute approximate surface area is 91.6 Å². The second-order valence-electron chi connectivity index (χ2n) is 3.03. The van der Waals surface area contributed by atoms with Gasteiger partial charge in [-0.2, -0.15) is 0 Å². The molecule has 1 aromatic rings. The number of para-hydroxylation sites is 1. The van der Waals surface area contributed by atoms with Gasteiger partial charge < -0.3 is 15.3 Å². The van der Waals surface area contributed by atoms with Crippen molar-refractivity contribution in [3.8, 4) is 5.75 Å². The molecule has 0 aliphatic rings. The molecular weight excluding hydrogens is 216 g/mol. The number of hydrogen-bond donors (Lipinski definition) is 3. The van der Waals surface area contributed by atoms with Gasteiger partial charge in [-0.25, -0.2) is 0 Å². The largest absolute Gasteiger partial charge is 0.507 e. The lowest BCUT2D eigenvalue weighted by Crippen LogP contribution is -2.15. The van der Waals surface area contributed by atoms with Crippen molar-refractivity contribution in [3.05, 3.63) is 24.3 Å². The number of phenolic OH excluding ortho intramolecular Hbond substituents is 1. The van der Waals surface area contributed by atoms with Gasteiger partial charge in [0, 0.05) is 10.6 Å². The predicted molar refractivity (Wildman–Crippen MR) is 57.1 cm³/mol. The van der Waals surface area contributed by atoms with Gasteiger partial charge in [0.05, 0.1) is 12.5 Å². The van der Waals surface area contributed by atoms with Crippen LogP contribution in [0.15, 0.2) is 29.2 Å². The van der Waals surface area contributed by atoms with Gasteiger partial charge in [-0.3, -0.25) is 4.79 Å². The number of carboxylic acids is 1. The Morgan fingerprint density at radius 2 is 2.07 bits per heavy atom. The topological polar surface area (TPSA) is 77.8 Å². The lowest BCUT2D eigenvalue weighted by molar-refractivity contribution is -0.138. The van der Waals surface area contributed by atoms with E-state index in [1.807, 2.05) is 0 Å². The minimum atomic E-state index is -1.03. The molecule has 0 saturated carbocycles. The molecule has 0 heterocycles. The number of aliphatic hydroxyl groups excluding tert-OH is 1. The molecule has 15 heavy (non-hydrogen) atoms. The average Bonchev–Trinajstić information content (AvgIpc) is 2.15. The van der Waals surface area contributed by atoms with E-state index in [0.29, 0.717) is 4.90 Å². The van der Waals surface area contributed by atoms with Gasteiger partial charge >= 0.3 is 5.97 Å². The van der Waals surface area contributed by atoms with Crippen molar-refractivity contribution in [1.29, 1.82) is 0 Å². The third kappa shape index (κ3) is 4.22. The molecule has 4 nitrogen and oxygen atoms in total. The molecule has 0 aliphatic heterocycles. The third-order valence-electron chi connectivity index (χ3n) is 1.71. The second-order valence-corrected chi connectivity index (χ2v) is 4.09. The smallest absolute Gasteiger partial charge is 0.306 e. The van der Waals surface area contributed by atoms with E-state index in [9.17, 15) is 15.0 Å². The molecule has 0 saturated heterocycles. The van der Waals surface area contributed by atoms with Crippen LogP contribution in [-0.4, -0.2) is 33.1 Å². The number of carbonyl (C=O) groups is 1. The summed E-state index contributed by atoms with van der Waals surface area (Å²) in [6.07, 6.45) is -1.17. The zero-order valence-electron chi connectivity index (χ0n) is 7.96. The molecular formula is C10H12O4S. The number of thioether (sulfide) groups is 1. The first-order chi connectivity index (χ1) is 7.09. The summed E-state index contributed by atoms with van der Waals surface area (Å²) in [5.41, 5.74) is 0. The summed E-state index contributed by atoms with van der Waals surface area (Å²) in [4.78, 5) is 10.9. The molecule has 3 N–H and O–H groups in total. The standard InChI is InChI=1S/C10H12O4S/c11-7(5-10(13)14)6-15-9-4-2-1-3-8(9)12/h1-4,7,11-12H,5-6H2,(H,13,14). The van der Waals surface area contributed by atoms with Crippen molar-refractivity contribution >= 4 is 17.7 Å². The van der Waals surface area contributed by atoms with Gasteiger partial charge in [0.1, 0.15) is 5.75 Å². The Balaban J connectivity index is 2.43. The molecule has 0 amide bonds. The quantitative estimate of drug-likeness (QED) is 0.662. The Kier molecular flexibility index (Phi) is 4.45. The fourth-order valence-corrected chi connectivity index (χ4v) is 1.91. The average molecular weight is 228 g/mol. The zero-order valence-corrected chi connectivity index (χ0v) is 8.78. The number of aliphatic carboxylic acids is 1. The molecule has 0 aliphatic carbocycles. The lowest BCUT2D eigenvalue weighted by Gasteiger charge is -2.08. The Morgan fingerprint density at radius 1 is 1.40 bits per heavy atom. The summed E-state index contributed by atoms with van der Waals surface area (Å²) in [6, 6.07) is 6.73. The van der Waals surface area contributed by atoms with E-state index in [0.717, 1.165) is 0 Å². The fraction of sp³-hybridized carbons (Fsp3) is 0.300. The van der Waals surface area contributed by atoms with Crippen molar-refractivity contribution in [3.63, 3.8) is 0 Å². The van der Waals surface area contributed by atoms with Crippen LogP contribution in [0, 0.1) is 0 Å². The molecule has 0 spiro atoms. The van der Waals surface area contributed by atoms with Crippen LogP contribution in [0.3, 0.4) is 0 Å². The highest BCUT2D eigenvalue weighted by Crippen LogP contribution is 2.28. The van der Waals surface area contributed by atoms with Gasteiger partial charge in [0.2, 0.25) is 0 Å². The van der Waals surface area contributed by atoms with Gasteiger partial charge in [0.25, 0.3) is 0 Å². The maximum atomic E-state index is 10.3. The number of aliphatic hydroxyl groups is 1. The van der Waals surface area contributed by atoms with Crippen LogP contribution in [0.4, 0.5) is 0 Å². The van der Waals surface area contributed by atoms with Crippen molar-refractivity contribution in [2.45, 2.75) is 17.4 Å². The normalized spacial score (nSPS) is 12.3. The van der Waals surface area contributed by atoms with E-state index < -0.39 is 12.1 Å². The molecule has 1 aromatic carbocycles. The second kappa shape index (κ2) is 5.63. The predicted octanol–water partition coefficient (Wildman–Crippen LogP) is 1.32. The first-order valence-electron chi connectivity index (χ1n) is 4.40. The van der Waals surface area contributed by atoms with Crippen molar-refractivity contribution in [1.82, 2.24) is 0 Å². The minimum absolute atomic E-state index is 0.144. The third-order valence-corrected chi connectivity index (χ3v) is 2.91. The van der Waals surface area contributed by atoms with E-state index in [2.05, 4.69) is 0 Å². The molecule has 0 bridgehead atoms. The summed E-state index contributed by atoms with van der Waals surface area (Å²) < 4.78 is 0. The van der Waals surface area contributed by atoms with Crippen LogP contribution in [0.1, 0.15) is 6.42 Å². The summed E-state index contributed by atoms with van der Waals surface area (Å²) in [5, 5.41) is 27.1. The van der Waals surface area contributed by atoms with Crippen LogP contribution in [0.25, 0.3) is 0 Å². The number of hydrogen-bond acceptors (Lipinski definition) is 4. The SMILES string of the molecule is O=C(O)CC(O)CSc1ccccc1O. The molecule has 1 atom stereocenters. The highest BCUT2D eigenvalue weighted by molar-refractivity contribution is 7.99. The zero-order chi connectivity index (χ0) is 11.3. The van der Waals surface area contributed by atoms with Crippen molar-refractivity contribution in [2.75, 3.05) is 5.75 Å². The minimum Gasteiger partial charge on any atom is -0.507 e. The fourth-order valence-electron chi connectivity index (χ4n) is 1.03. The van der Waals surface area contributed by atoms with E-state index in [1.54, 1.807) is 24.3 Å². The molecule has 1 rings (SSSR count). The van der Waals surface area contributed by atoms with Crippen molar-refractivity contribution in [2.24, 2.45) is 0 Å². The van der Waals surface area contributed by atoms with E-state index >= 15 is 0 Å².